The van der Waals surface area contributed by atoms with E-state index in [4.69, 9.17) is 0 Å². The van der Waals surface area contributed by atoms with E-state index < -0.39 is 9.57 Å². The van der Waals surface area contributed by atoms with Crippen molar-refractivity contribution < 1.29 is 8.85 Å². The fourth-order valence-corrected chi connectivity index (χ4v) is 0.852. The Bertz CT molecular complexity index is 270. The molecule has 0 saturated carbocycles. The predicted octanol–water partition coefficient (Wildman–Crippen LogP) is 1.21. The topological polar surface area (TPSA) is 29.4 Å². The maximum atomic E-state index is 12.3. The van der Waals surface area contributed by atoms with Gasteiger partial charge in [0.15, 0.2) is 0 Å². The minimum atomic E-state index is -0.694. The largest absolute Gasteiger partial charge is 0.491 e. The minimum absolute atomic E-state index is 0.285. The Kier molecular flexibility index (Phi) is 2.80. The fourth-order valence-electron chi connectivity index (χ4n) is 0.650. The number of benzene rings is 1. The molecule has 55 valence electrons. The maximum absolute atomic E-state index is 12.3. The lowest BCUT2D eigenvalue weighted by atomic mass is 10.2. The average Bonchev–Trinajstić information content (AvgIpc) is 2.04. The third kappa shape index (κ3) is 2.51. The second-order valence-electron chi connectivity index (χ2n) is 1.90. The zero-order chi connectivity index (χ0) is 8.10. The quantitative estimate of drug-likeness (QED) is 0.479. The summed E-state index contributed by atoms with van der Waals surface area (Å²) < 4.78 is 25.7. The van der Waals surface area contributed by atoms with Crippen molar-refractivity contribution >= 4 is 15.8 Å². The fraction of sp³-hybridized carbons (Fsp3) is 0. The van der Waals surface area contributed by atoms with E-state index in [1.54, 1.807) is 12.1 Å². The number of halogens is 1. The molecule has 0 bridgehead atoms. The van der Waals surface area contributed by atoms with Crippen molar-refractivity contribution in [2.75, 3.05) is 0 Å². The highest BCUT2D eigenvalue weighted by Crippen LogP contribution is 1.99. The van der Waals surface area contributed by atoms with Gasteiger partial charge >= 0.3 is 9.57 Å². The number of nitrogens with zero attached hydrogens (tertiary/aromatic N) is 1. The molecule has 0 fully saturated rings. The van der Waals surface area contributed by atoms with Crippen molar-refractivity contribution in [3.05, 3.63) is 35.6 Å². The Labute approximate surface area is 65.7 Å². The number of rotatable bonds is 2. The van der Waals surface area contributed by atoms with Gasteiger partial charge in [0.05, 0.1) is 0 Å². The Morgan fingerprint density at radius 1 is 1.36 bits per heavy atom. The molecule has 0 atom stereocenters. The molecule has 0 aliphatic rings. The number of hydrogen-bond donors (Lipinski definition) is 0. The molecule has 1 rings (SSSR count). The first-order valence-corrected chi connectivity index (χ1v) is 3.84. The molecule has 0 unspecified atom stereocenters. The Hall–Kier alpha value is -1.16. The molecule has 0 aliphatic heterocycles. The van der Waals surface area contributed by atoms with Crippen LogP contribution in [0.25, 0.3) is 0 Å². The third-order valence-corrected chi connectivity index (χ3v) is 1.37. The van der Waals surface area contributed by atoms with E-state index in [1.165, 1.54) is 18.3 Å². The summed E-state index contributed by atoms with van der Waals surface area (Å²) in [5.74, 6) is -0.285. The van der Waals surface area contributed by atoms with Crippen LogP contribution in [0, 0.1) is 5.82 Å². The smallest absolute Gasteiger partial charge is 0.352 e. The summed E-state index contributed by atoms with van der Waals surface area (Å²) in [4.78, 5) is 0. The van der Waals surface area contributed by atoms with Crippen LogP contribution in [-0.4, -0.2) is 15.8 Å². The monoisotopic (exact) mass is 166 g/mol. The summed E-state index contributed by atoms with van der Waals surface area (Å²) in [6.45, 7) is 0. The van der Waals surface area contributed by atoms with Crippen LogP contribution in [0.15, 0.2) is 28.9 Å². The van der Waals surface area contributed by atoms with E-state index >= 15 is 0 Å². The van der Waals surface area contributed by atoms with Crippen LogP contribution >= 0.6 is 0 Å². The first-order chi connectivity index (χ1) is 5.33. The summed E-state index contributed by atoms with van der Waals surface area (Å²) in [5, 5.41) is 0. The van der Waals surface area contributed by atoms with Crippen LogP contribution in [0.5, 0.6) is 0 Å². The first-order valence-electron chi connectivity index (χ1n) is 2.98. The molecule has 0 amide bonds. The molecule has 2 nitrogen and oxygen atoms in total. The Morgan fingerprint density at radius 2 is 2.00 bits per heavy atom. The van der Waals surface area contributed by atoms with E-state index in [0.29, 0.717) is 0 Å². The van der Waals surface area contributed by atoms with Gasteiger partial charge in [-0.2, -0.15) is 0 Å². The van der Waals surface area contributed by atoms with E-state index in [0.717, 1.165) is 5.56 Å². The van der Waals surface area contributed by atoms with Gasteiger partial charge in [0.25, 0.3) is 0 Å². The molecule has 0 heterocycles. The van der Waals surface area contributed by atoms with Crippen molar-refractivity contribution in [3.63, 3.8) is 0 Å². The Balaban J connectivity index is 2.81. The van der Waals surface area contributed by atoms with Gasteiger partial charge in [0.2, 0.25) is 0 Å². The lowest BCUT2D eigenvalue weighted by Crippen LogP contribution is -1.81. The van der Waals surface area contributed by atoms with Gasteiger partial charge in [-0.15, -0.1) is 0 Å². The summed E-state index contributed by atoms with van der Waals surface area (Å²) in [6.07, 6.45) is 1.44. The molecule has 11 heavy (non-hydrogen) atoms. The molecule has 0 saturated heterocycles. The van der Waals surface area contributed by atoms with Gasteiger partial charge < -0.3 is 4.46 Å². The lowest BCUT2D eigenvalue weighted by Gasteiger charge is -1.89. The van der Waals surface area contributed by atoms with E-state index in [-0.39, 0.29) is 5.82 Å². The molecule has 1 radical (unpaired) electrons. The molecule has 0 N–H and O–H groups in total. The van der Waals surface area contributed by atoms with Crippen LogP contribution in [0.1, 0.15) is 5.56 Å². The van der Waals surface area contributed by atoms with Gasteiger partial charge in [-0.05, 0) is 17.7 Å². The highest BCUT2D eigenvalue weighted by Gasteiger charge is 1.87. The summed E-state index contributed by atoms with van der Waals surface area (Å²) in [5.41, 5.74) is 0.745. The molecular weight excluding hydrogens is 161 g/mol. The van der Waals surface area contributed by atoms with Gasteiger partial charge in [0, 0.05) is 6.21 Å². The molecule has 1 aromatic carbocycles. The van der Waals surface area contributed by atoms with Crippen molar-refractivity contribution in [1.82, 2.24) is 0 Å². The molecule has 4 heteroatoms. The van der Waals surface area contributed by atoms with Crippen molar-refractivity contribution in [2.45, 2.75) is 0 Å². The van der Waals surface area contributed by atoms with Crippen LogP contribution in [-0.2, 0) is 4.46 Å². The third-order valence-electron chi connectivity index (χ3n) is 1.14. The van der Waals surface area contributed by atoms with Gasteiger partial charge in [-0.1, -0.05) is 12.1 Å². The normalized spacial score (nSPS) is 10.3. The standard InChI is InChI=1S/C7H5FNOSi/c8-7-3-1-6(2-4-7)5-9-11-10/h1-5H/b9-5-. The zero-order valence-electron chi connectivity index (χ0n) is 5.62. The van der Waals surface area contributed by atoms with Crippen LogP contribution in [0.2, 0.25) is 0 Å². The minimum Gasteiger partial charge on any atom is -0.352 e. The van der Waals surface area contributed by atoms with Crippen LogP contribution in [0.4, 0.5) is 4.39 Å². The second-order valence-corrected chi connectivity index (χ2v) is 2.34. The van der Waals surface area contributed by atoms with Crippen LogP contribution < -0.4 is 0 Å². The molecule has 0 spiro atoms. The molecular formula is C7H5FNOSi. The highest BCUT2D eigenvalue weighted by atomic mass is 28.2. The van der Waals surface area contributed by atoms with Gasteiger partial charge in [-0.3, -0.25) is 4.66 Å². The molecule has 1 aromatic rings. The first kappa shape index (κ1) is 7.94. The van der Waals surface area contributed by atoms with Gasteiger partial charge in [0.1, 0.15) is 5.82 Å². The van der Waals surface area contributed by atoms with E-state index in [2.05, 4.69) is 4.66 Å². The SMILES string of the molecule is O=[Si]/N=C\c1ccc(F)cc1. The summed E-state index contributed by atoms with van der Waals surface area (Å²) >= 11 is 0. The molecule has 0 aromatic heterocycles. The van der Waals surface area contributed by atoms with Crippen molar-refractivity contribution in [1.29, 1.82) is 0 Å². The summed E-state index contributed by atoms with van der Waals surface area (Å²) in [7, 11) is -0.694. The van der Waals surface area contributed by atoms with Gasteiger partial charge in [-0.25, -0.2) is 4.39 Å². The zero-order valence-corrected chi connectivity index (χ0v) is 6.62. The van der Waals surface area contributed by atoms with Crippen LogP contribution in [0.3, 0.4) is 0 Å². The maximum Gasteiger partial charge on any atom is 0.491 e. The predicted molar refractivity (Wildman–Crippen MR) is 40.4 cm³/mol. The van der Waals surface area contributed by atoms with E-state index in [9.17, 15) is 8.85 Å². The molecule has 0 aliphatic carbocycles. The van der Waals surface area contributed by atoms with Crippen molar-refractivity contribution in [3.8, 4) is 0 Å². The summed E-state index contributed by atoms with van der Waals surface area (Å²) in [6, 6.07) is 5.79. The number of hydrogen-bond acceptors (Lipinski definition) is 1. The van der Waals surface area contributed by atoms with E-state index in [1.807, 2.05) is 0 Å². The second kappa shape index (κ2) is 3.87. The Morgan fingerprint density at radius 3 is 2.55 bits per heavy atom. The van der Waals surface area contributed by atoms with Crippen molar-refractivity contribution in [2.24, 2.45) is 4.66 Å². The highest BCUT2D eigenvalue weighted by molar-refractivity contribution is 6.18. The lowest BCUT2D eigenvalue weighted by molar-refractivity contribution is 0.578. The average molecular weight is 166 g/mol.